The molecule has 0 aliphatic carbocycles. The first-order valence-corrected chi connectivity index (χ1v) is 8.17. The van der Waals surface area contributed by atoms with E-state index in [1.807, 2.05) is 0 Å². The van der Waals surface area contributed by atoms with Gasteiger partial charge in [-0.2, -0.15) is 0 Å². The number of anilines is 2. The maximum Gasteiger partial charge on any atom is 0.239 e. The summed E-state index contributed by atoms with van der Waals surface area (Å²) in [6, 6.07) is 11.5. The molecule has 0 heterocycles. The van der Waals surface area contributed by atoms with Gasteiger partial charge in [-0.3, -0.25) is 9.59 Å². The molecule has 0 saturated heterocycles. The van der Waals surface area contributed by atoms with Crippen molar-refractivity contribution in [1.29, 1.82) is 0 Å². The summed E-state index contributed by atoms with van der Waals surface area (Å²) in [5.41, 5.74) is -0.526. The number of halogens is 3. The van der Waals surface area contributed by atoms with Crippen LogP contribution >= 0.6 is 34.8 Å². The highest BCUT2D eigenvalue weighted by Crippen LogP contribution is 2.31. The molecule has 2 aromatic carbocycles. The summed E-state index contributed by atoms with van der Waals surface area (Å²) in [6.07, 6.45) is 0. The van der Waals surface area contributed by atoms with E-state index >= 15 is 0 Å². The maximum absolute atomic E-state index is 12.5. The normalized spacial score (nSPS) is 11.0. The predicted molar refractivity (Wildman–Crippen MR) is 99.0 cm³/mol. The monoisotopic (exact) mass is 384 g/mol. The summed E-state index contributed by atoms with van der Waals surface area (Å²) in [4.78, 5) is 25.0. The Balaban J connectivity index is 2.14. The fourth-order valence-corrected chi connectivity index (χ4v) is 2.43. The second-order valence-electron chi connectivity index (χ2n) is 5.64. The molecule has 0 fully saturated rings. The largest absolute Gasteiger partial charge is 0.325 e. The molecule has 7 heteroatoms. The van der Waals surface area contributed by atoms with Gasteiger partial charge in [-0.05, 0) is 50.2 Å². The van der Waals surface area contributed by atoms with Crippen molar-refractivity contribution in [2.45, 2.75) is 13.8 Å². The van der Waals surface area contributed by atoms with Crippen LogP contribution in [-0.2, 0) is 9.59 Å². The van der Waals surface area contributed by atoms with Gasteiger partial charge >= 0.3 is 0 Å². The summed E-state index contributed by atoms with van der Waals surface area (Å²) < 4.78 is 0. The minimum absolute atomic E-state index is 0.276. The van der Waals surface area contributed by atoms with Crippen LogP contribution < -0.4 is 10.6 Å². The van der Waals surface area contributed by atoms with E-state index in [1.54, 1.807) is 42.5 Å². The lowest BCUT2D eigenvalue weighted by Crippen LogP contribution is -2.41. The van der Waals surface area contributed by atoms with E-state index in [1.165, 1.54) is 13.8 Å². The van der Waals surface area contributed by atoms with Crippen molar-refractivity contribution in [3.8, 4) is 0 Å². The Morgan fingerprint density at radius 3 is 1.88 bits per heavy atom. The molecule has 24 heavy (non-hydrogen) atoms. The van der Waals surface area contributed by atoms with Crippen LogP contribution in [0, 0.1) is 5.41 Å². The minimum Gasteiger partial charge on any atom is -0.325 e. The lowest BCUT2D eigenvalue weighted by atomic mass is 9.90. The Morgan fingerprint density at radius 2 is 1.33 bits per heavy atom. The Labute approximate surface area is 155 Å². The molecule has 0 aromatic heterocycles. The van der Waals surface area contributed by atoms with Gasteiger partial charge < -0.3 is 10.6 Å². The second kappa shape index (κ2) is 7.43. The number of benzene rings is 2. The number of para-hydroxylation sites is 1. The van der Waals surface area contributed by atoms with Crippen LogP contribution in [0.3, 0.4) is 0 Å². The summed E-state index contributed by atoms with van der Waals surface area (Å²) >= 11 is 17.9. The molecule has 0 aliphatic rings. The zero-order valence-electron chi connectivity index (χ0n) is 13.0. The van der Waals surface area contributed by atoms with Crippen molar-refractivity contribution in [3.05, 3.63) is 57.5 Å². The van der Waals surface area contributed by atoms with E-state index in [4.69, 9.17) is 34.8 Å². The highest BCUT2D eigenvalue weighted by molar-refractivity contribution is 6.40. The van der Waals surface area contributed by atoms with E-state index in [9.17, 15) is 9.59 Å². The van der Waals surface area contributed by atoms with E-state index in [2.05, 4.69) is 10.6 Å². The first kappa shape index (κ1) is 18.6. The lowest BCUT2D eigenvalue weighted by Gasteiger charge is -2.23. The van der Waals surface area contributed by atoms with Crippen molar-refractivity contribution >= 4 is 58.0 Å². The van der Waals surface area contributed by atoms with Crippen LogP contribution in [0.25, 0.3) is 0 Å². The lowest BCUT2D eigenvalue weighted by molar-refractivity contribution is -0.135. The van der Waals surface area contributed by atoms with Gasteiger partial charge in [0.15, 0.2) is 0 Å². The number of hydrogen-bond acceptors (Lipinski definition) is 2. The number of rotatable bonds is 4. The number of amides is 2. The molecule has 0 atom stereocenters. The Hall–Kier alpha value is -1.75. The molecule has 0 aliphatic heterocycles. The molecule has 2 amide bonds. The molecule has 0 unspecified atom stereocenters. The number of carbonyl (C=O) groups is 2. The van der Waals surface area contributed by atoms with Gasteiger partial charge in [0, 0.05) is 10.7 Å². The molecule has 0 bridgehead atoms. The van der Waals surface area contributed by atoms with Gasteiger partial charge in [0.25, 0.3) is 0 Å². The van der Waals surface area contributed by atoms with Crippen molar-refractivity contribution in [2.24, 2.45) is 5.41 Å². The van der Waals surface area contributed by atoms with E-state index in [-0.39, 0.29) is 5.69 Å². The number of carbonyl (C=O) groups excluding carboxylic acids is 2. The fraction of sp³-hybridized carbons (Fsp3) is 0.176. The summed E-state index contributed by atoms with van der Waals surface area (Å²) in [5, 5.41) is 6.44. The zero-order valence-corrected chi connectivity index (χ0v) is 15.3. The van der Waals surface area contributed by atoms with Crippen molar-refractivity contribution in [2.75, 3.05) is 10.6 Å². The first-order chi connectivity index (χ1) is 11.2. The Morgan fingerprint density at radius 1 is 0.833 bits per heavy atom. The van der Waals surface area contributed by atoms with Crippen LogP contribution in [0.5, 0.6) is 0 Å². The maximum atomic E-state index is 12.5. The van der Waals surface area contributed by atoms with Crippen LogP contribution in [0.4, 0.5) is 11.4 Å². The minimum atomic E-state index is -1.35. The molecule has 2 rings (SSSR count). The average molecular weight is 386 g/mol. The highest BCUT2D eigenvalue weighted by Gasteiger charge is 2.36. The third-order valence-electron chi connectivity index (χ3n) is 3.44. The van der Waals surface area contributed by atoms with Gasteiger partial charge in [0.05, 0.1) is 15.7 Å². The first-order valence-electron chi connectivity index (χ1n) is 7.04. The summed E-state index contributed by atoms with van der Waals surface area (Å²) in [6.45, 7) is 3.02. The molecule has 0 radical (unpaired) electrons. The van der Waals surface area contributed by atoms with Crippen LogP contribution in [0.15, 0.2) is 42.5 Å². The number of hydrogen-bond donors (Lipinski definition) is 2. The molecule has 2 aromatic rings. The third-order valence-corrected chi connectivity index (χ3v) is 4.32. The van der Waals surface area contributed by atoms with Crippen molar-refractivity contribution in [3.63, 3.8) is 0 Å². The molecule has 126 valence electrons. The van der Waals surface area contributed by atoms with Gasteiger partial charge in [-0.15, -0.1) is 0 Å². The smallest absolute Gasteiger partial charge is 0.239 e. The molecular weight excluding hydrogens is 371 g/mol. The van der Waals surface area contributed by atoms with Crippen LogP contribution in [-0.4, -0.2) is 11.8 Å². The Bertz CT molecular complexity index is 754. The van der Waals surface area contributed by atoms with Crippen molar-refractivity contribution in [1.82, 2.24) is 0 Å². The van der Waals surface area contributed by atoms with E-state index < -0.39 is 17.2 Å². The van der Waals surface area contributed by atoms with Gasteiger partial charge in [0.1, 0.15) is 5.41 Å². The zero-order chi connectivity index (χ0) is 17.9. The van der Waals surface area contributed by atoms with Crippen LogP contribution in [0.2, 0.25) is 15.1 Å². The predicted octanol–water partition coefficient (Wildman–Crippen LogP) is 5.25. The second-order valence-corrected chi connectivity index (χ2v) is 6.89. The highest BCUT2D eigenvalue weighted by atomic mass is 35.5. The Kier molecular flexibility index (Phi) is 5.75. The van der Waals surface area contributed by atoms with E-state index in [0.29, 0.717) is 20.8 Å². The van der Waals surface area contributed by atoms with Gasteiger partial charge in [-0.25, -0.2) is 0 Å². The molecule has 4 nitrogen and oxygen atoms in total. The molecule has 2 N–H and O–H groups in total. The molecular formula is C17H15Cl3N2O2. The van der Waals surface area contributed by atoms with Crippen molar-refractivity contribution < 1.29 is 9.59 Å². The standard InChI is InChI=1S/C17H15Cl3N2O2/c1-17(2,15(23)21-11-8-6-10(18)7-9-11)16(24)22-14-12(19)4-3-5-13(14)20/h3-9H,1-2H3,(H,21,23)(H,22,24). The quantitative estimate of drug-likeness (QED) is 0.706. The van der Waals surface area contributed by atoms with E-state index in [0.717, 1.165) is 0 Å². The topological polar surface area (TPSA) is 58.2 Å². The molecule has 0 spiro atoms. The van der Waals surface area contributed by atoms with Gasteiger partial charge in [-0.1, -0.05) is 40.9 Å². The number of nitrogens with one attached hydrogen (secondary N) is 2. The van der Waals surface area contributed by atoms with Crippen LogP contribution in [0.1, 0.15) is 13.8 Å². The third kappa shape index (κ3) is 4.20. The average Bonchev–Trinajstić information content (AvgIpc) is 2.53. The SMILES string of the molecule is CC(C)(C(=O)Nc1ccc(Cl)cc1)C(=O)Nc1c(Cl)cccc1Cl. The summed E-state index contributed by atoms with van der Waals surface area (Å²) in [7, 11) is 0. The van der Waals surface area contributed by atoms with Gasteiger partial charge in [0.2, 0.25) is 11.8 Å². The summed E-state index contributed by atoms with van der Waals surface area (Å²) in [5.74, 6) is -0.991. The molecule has 0 saturated carbocycles. The fourth-order valence-electron chi connectivity index (χ4n) is 1.81.